The van der Waals surface area contributed by atoms with Gasteiger partial charge in [0.2, 0.25) is 0 Å². The molecule has 21 heavy (non-hydrogen) atoms. The van der Waals surface area contributed by atoms with Crippen LogP contribution < -0.4 is 5.32 Å². The first-order valence-electron chi connectivity index (χ1n) is 6.24. The number of amides is 1. The standard InChI is InChI=1S/C13H13Cl2N3O3/c14-11-7-10(12(15)18-17-11)13(19)16-4-2-5-20-8-9-3-1-6-21-9/h1,3,6-7H,2,4-5,8H2,(H,16,19). The Balaban J connectivity index is 1.66. The average molecular weight is 330 g/mol. The molecule has 112 valence electrons. The number of rotatable bonds is 7. The molecular weight excluding hydrogens is 317 g/mol. The van der Waals surface area contributed by atoms with Gasteiger partial charge in [0.15, 0.2) is 10.3 Å². The molecule has 0 spiro atoms. The van der Waals surface area contributed by atoms with Gasteiger partial charge >= 0.3 is 0 Å². The summed E-state index contributed by atoms with van der Waals surface area (Å²) in [4.78, 5) is 11.9. The summed E-state index contributed by atoms with van der Waals surface area (Å²) in [7, 11) is 0. The summed E-state index contributed by atoms with van der Waals surface area (Å²) in [6.45, 7) is 1.37. The predicted octanol–water partition coefficient (Wildman–Crippen LogP) is 2.71. The van der Waals surface area contributed by atoms with Crippen LogP contribution in [0.4, 0.5) is 0 Å². The Kier molecular flexibility index (Phi) is 5.98. The van der Waals surface area contributed by atoms with E-state index < -0.39 is 0 Å². The predicted molar refractivity (Wildman–Crippen MR) is 77.4 cm³/mol. The molecular formula is C13H13Cl2N3O3. The maximum Gasteiger partial charge on any atom is 0.254 e. The van der Waals surface area contributed by atoms with Crippen molar-refractivity contribution in [3.63, 3.8) is 0 Å². The number of carbonyl (C=O) groups is 1. The summed E-state index contributed by atoms with van der Waals surface area (Å²) in [5.74, 6) is 0.422. The summed E-state index contributed by atoms with van der Waals surface area (Å²) >= 11 is 11.5. The van der Waals surface area contributed by atoms with Crippen molar-refractivity contribution in [3.8, 4) is 0 Å². The van der Waals surface area contributed by atoms with Crippen molar-refractivity contribution in [2.45, 2.75) is 13.0 Å². The third-order valence-corrected chi connectivity index (χ3v) is 3.00. The number of carbonyl (C=O) groups excluding carboxylic acids is 1. The van der Waals surface area contributed by atoms with E-state index in [1.54, 1.807) is 12.3 Å². The number of furan rings is 1. The van der Waals surface area contributed by atoms with Crippen LogP contribution in [-0.4, -0.2) is 29.3 Å². The van der Waals surface area contributed by atoms with Gasteiger partial charge in [-0.1, -0.05) is 23.2 Å². The first-order valence-corrected chi connectivity index (χ1v) is 6.99. The molecule has 2 aromatic heterocycles. The lowest BCUT2D eigenvalue weighted by Gasteiger charge is -2.06. The average Bonchev–Trinajstić information content (AvgIpc) is 2.98. The molecule has 0 bridgehead atoms. The van der Waals surface area contributed by atoms with E-state index in [0.717, 1.165) is 5.76 Å². The van der Waals surface area contributed by atoms with Crippen LogP contribution in [0.15, 0.2) is 28.9 Å². The zero-order valence-corrected chi connectivity index (χ0v) is 12.5. The number of hydrogen-bond donors (Lipinski definition) is 1. The fourth-order valence-electron chi connectivity index (χ4n) is 1.55. The lowest BCUT2D eigenvalue weighted by atomic mass is 10.3. The molecule has 0 aliphatic heterocycles. The van der Waals surface area contributed by atoms with Crippen LogP contribution in [0.25, 0.3) is 0 Å². The van der Waals surface area contributed by atoms with Gasteiger partial charge in [-0.2, -0.15) is 0 Å². The Hall–Kier alpha value is -1.63. The second kappa shape index (κ2) is 7.97. The highest BCUT2D eigenvalue weighted by molar-refractivity contribution is 6.34. The third-order valence-electron chi connectivity index (χ3n) is 2.54. The lowest BCUT2D eigenvalue weighted by molar-refractivity contribution is 0.0916. The lowest BCUT2D eigenvalue weighted by Crippen LogP contribution is -2.26. The molecule has 0 atom stereocenters. The molecule has 0 fully saturated rings. The summed E-state index contributed by atoms with van der Waals surface area (Å²) in [5.41, 5.74) is 0.202. The molecule has 1 N–H and O–H groups in total. The minimum absolute atomic E-state index is 0.0194. The highest BCUT2D eigenvalue weighted by Gasteiger charge is 2.12. The van der Waals surface area contributed by atoms with Gasteiger partial charge in [-0.15, -0.1) is 10.2 Å². The second-order valence-corrected chi connectivity index (χ2v) is 4.86. The smallest absolute Gasteiger partial charge is 0.254 e. The molecule has 0 saturated heterocycles. The molecule has 2 rings (SSSR count). The summed E-state index contributed by atoms with van der Waals surface area (Å²) in [6.07, 6.45) is 2.26. The van der Waals surface area contributed by atoms with Crippen LogP contribution in [0.5, 0.6) is 0 Å². The van der Waals surface area contributed by atoms with Gasteiger partial charge in [0.1, 0.15) is 12.4 Å². The Morgan fingerprint density at radius 2 is 2.24 bits per heavy atom. The van der Waals surface area contributed by atoms with E-state index in [1.807, 2.05) is 6.07 Å². The number of aromatic nitrogens is 2. The van der Waals surface area contributed by atoms with Crippen LogP contribution in [0.3, 0.4) is 0 Å². The number of halogens is 2. The highest BCUT2D eigenvalue weighted by atomic mass is 35.5. The van der Waals surface area contributed by atoms with Gasteiger partial charge in [0.05, 0.1) is 11.8 Å². The van der Waals surface area contributed by atoms with Crippen LogP contribution >= 0.6 is 23.2 Å². The number of nitrogens with one attached hydrogen (secondary N) is 1. The maximum absolute atomic E-state index is 11.9. The molecule has 0 saturated carbocycles. The number of nitrogens with zero attached hydrogens (tertiary/aromatic N) is 2. The van der Waals surface area contributed by atoms with E-state index in [1.165, 1.54) is 6.07 Å². The van der Waals surface area contributed by atoms with Gasteiger partial charge in [0.25, 0.3) is 5.91 Å². The van der Waals surface area contributed by atoms with E-state index in [-0.39, 0.29) is 21.8 Å². The van der Waals surface area contributed by atoms with Crippen molar-refractivity contribution < 1.29 is 13.9 Å². The van der Waals surface area contributed by atoms with Crippen molar-refractivity contribution in [3.05, 3.63) is 46.1 Å². The van der Waals surface area contributed by atoms with E-state index in [2.05, 4.69) is 15.5 Å². The quantitative estimate of drug-likeness (QED) is 0.790. The molecule has 1 amide bonds. The first-order chi connectivity index (χ1) is 10.2. The number of hydrogen-bond acceptors (Lipinski definition) is 5. The molecule has 0 aromatic carbocycles. The molecule has 0 aliphatic rings. The fourth-order valence-corrected chi connectivity index (χ4v) is 1.88. The van der Waals surface area contributed by atoms with Crippen LogP contribution in [0, 0.1) is 0 Å². The van der Waals surface area contributed by atoms with Gasteiger partial charge in [0, 0.05) is 13.2 Å². The minimum atomic E-state index is -0.345. The van der Waals surface area contributed by atoms with E-state index >= 15 is 0 Å². The molecule has 8 heteroatoms. The zero-order chi connectivity index (χ0) is 15.1. The van der Waals surface area contributed by atoms with Crippen molar-refractivity contribution in [1.82, 2.24) is 15.5 Å². The second-order valence-electron chi connectivity index (χ2n) is 4.11. The fraction of sp³-hybridized carbons (Fsp3) is 0.308. The van der Waals surface area contributed by atoms with Crippen molar-refractivity contribution >= 4 is 29.1 Å². The molecule has 2 aromatic rings. The maximum atomic E-state index is 11.9. The van der Waals surface area contributed by atoms with Gasteiger partial charge in [-0.05, 0) is 24.6 Å². The SMILES string of the molecule is O=C(NCCCOCc1ccco1)c1cc(Cl)nnc1Cl. The number of ether oxygens (including phenoxy) is 1. The third kappa shape index (κ3) is 5.00. The highest BCUT2D eigenvalue weighted by Crippen LogP contribution is 2.14. The zero-order valence-electron chi connectivity index (χ0n) is 11.0. The normalized spacial score (nSPS) is 10.6. The Labute approximate surface area is 131 Å². The Morgan fingerprint density at radius 3 is 3.00 bits per heavy atom. The summed E-state index contributed by atoms with van der Waals surface area (Å²) in [6, 6.07) is 5.01. The summed E-state index contributed by atoms with van der Waals surface area (Å²) in [5, 5.41) is 9.96. The summed E-state index contributed by atoms with van der Waals surface area (Å²) < 4.78 is 10.5. The van der Waals surface area contributed by atoms with Gasteiger partial charge in [-0.3, -0.25) is 4.79 Å². The Bertz CT molecular complexity index is 590. The van der Waals surface area contributed by atoms with Gasteiger partial charge in [-0.25, -0.2) is 0 Å². The minimum Gasteiger partial charge on any atom is -0.467 e. The molecule has 0 unspecified atom stereocenters. The molecule has 0 aliphatic carbocycles. The molecule has 6 nitrogen and oxygen atoms in total. The first kappa shape index (κ1) is 15.8. The molecule has 2 heterocycles. The van der Waals surface area contributed by atoms with Crippen LogP contribution in [0.2, 0.25) is 10.3 Å². The monoisotopic (exact) mass is 329 g/mol. The molecule has 0 radical (unpaired) electrons. The van der Waals surface area contributed by atoms with Crippen molar-refractivity contribution in [2.75, 3.05) is 13.2 Å². The van der Waals surface area contributed by atoms with Crippen molar-refractivity contribution in [1.29, 1.82) is 0 Å². The van der Waals surface area contributed by atoms with Crippen LogP contribution in [-0.2, 0) is 11.3 Å². The van der Waals surface area contributed by atoms with E-state index in [9.17, 15) is 4.79 Å². The Morgan fingerprint density at radius 1 is 1.38 bits per heavy atom. The van der Waals surface area contributed by atoms with Crippen molar-refractivity contribution in [2.24, 2.45) is 0 Å². The van der Waals surface area contributed by atoms with Gasteiger partial charge < -0.3 is 14.5 Å². The van der Waals surface area contributed by atoms with Crippen LogP contribution in [0.1, 0.15) is 22.5 Å². The van der Waals surface area contributed by atoms with E-state index in [0.29, 0.717) is 26.2 Å². The largest absolute Gasteiger partial charge is 0.467 e. The topological polar surface area (TPSA) is 77.2 Å². The van der Waals surface area contributed by atoms with E-state index in [4.69, 9.17) is 32.4 Å².